The fraction of sp³-hybridized carbons (Fsp3) is 0.750. The van der Waals surface area contributed by atoms with Crippen LogP contribution in [0.1, 0.15) is 117 Å². The summed E-state index contributed by atoms with van der Waals surface area (Å²) in [4.78, 5) is 12.7. The summed E-state index contributed by atoms with van der Waals surface area (Å²) in [5.41, 5.74) is 3.69. The first-order valence-electron chi connectivity index (χ1n) is 16.1. The number of rotatable bonds is 9. The van der Waals surface area contributed by atoms with Gasteiger partial charge in [-0.05, 0) is 103 Å². The molecule has 0 heterocycles. The smallest absolute Gasteiger partial charge is 0.306 e. The highest BCUT2D eigenvalue weighted by Crippen LogP contribution is 2.67. The van der Waals surface area contributed by atoms with Gasteiger partial charge in [0, 0.05) is 12.8 Å². The zero-order valence-electron chi connectivity index (χ0n) is 25.0. The summed E-state index contributed by atoms with van der Waals surface area (Å²) in [6.45, 7) is 12.6. The number of carbonyl (C=O) groups is 1. The molecule has 38 heavy (non-hydrogen) atoms. The maximum absolute atomic E-state index is 12.7. The molecule has 210 valence electrons. The number of ether oxygens (including phenoxy) is 1. The molecule has 0 amide bonds. The molecule has 1 aromatic carbocycles. The molecule has 4 aliphatic carbocycles. The van der Waals surface area contributed by atoms with Crippen molar-refractivity contribution in [1.29, 1.82) is 0 Å². The summed E-state index contributed by atoms with van der Waals surface area (Å²) in [7, 11) is 0. The van der Waals surface area contributed by atoms with Gasteiger partial charge >= 0.3 is 5.97 Å². The number of hydrogen-bond acceptors (Lipinski definition) is 2. The molecule has 0 aromatic heterocycles. The Morgan fingerprint density at radius 3 is 2.53 bits per heavy atom. The van der Waals surface area contributed by atoms with E-state index in [0.29, 0.717) is 17.3 Å². The van der Waals surface area contributed by atoms with Crippen LogP contribution in [-0.4, -0.2) is 12.1 Å². The Kier molecular flexibility index (Phi) is 8.47. The number of aryl methyl sites for hydroxylation is 1. The second-order valence-corrected chi connectivity index (χ2v) is 14.6. The normalized spacial score (nSPS) is 37.1. The Balaban J connectivity index is 1.19. The highest BCUT2D eigenvalue weighted by atomic mass is 16.5. The second-order valence-electron chi connectivity index (χ2n) is 14.6. The number of carbonyl (C=O) groups excluding carboxylic acids is 1. The van der Waals surface area contributed by atoms with Gasteiger partial charge in [0.2, 0.25) is 0 Å². The lowest BCUT2D eigenvalue weighted by Crippen LogP contribution is -2.51. The monoisotopic (exact) mass is 518 g/mol. The highest BCUT2D eigenvalue weighted by Gasteiger charge is 2.59. The summed E-state index contributed by atoms with van der Waals surface area (Å²) in [6.07, 6.45) is 18.4. The van der Waals surface area contributed by atoms with Crippen LogP contribution in [0.15, 0.2) is 42.0 Å². The van der Waals surface area contributed by atoms with Crippen molar-refractivity contribution < 1.29 is 9.53 Å². The van der Waals surface area contributed by atoms with Crippen LogP contribution < -0.4 is 0 Å². The Bertz CT molecular complexity index is 978. The van der Waals surface area contributed by atoms with E-state index in [0.717, 1.165) is 54.8 Å². The highest BCUT2D eigenvalue weighted by molar-refractivity contribution is 5.70. The first-order chi connectivity index (χ1) is 18.2. The third-order valence-electron chi connectivity index (χ3n) is 12.0. The predicted molar refractivity (Wildman–Crippen MR) is 158 cm³/mol. The molecule has 0 bridgehead atoms. The van der Waals surface area contributed by atoms with Crippen molar-refractivity contribution >= 4 is 5.97 Å². The van der Waals surface area contributed by atoms with Crippen molar-refractivity contribution in [2.24, 2.45) is 46.3 Å². The van der Waals surface area contributed by atoms with Gasteiger partial charge in [-0.25, -0.2) is 0 Å². The molecule has 4 aliphatic rings. The standard InChI is InChI=1S/C36H54O2/c1-25(2)10-9-11-26(3)31-17-18-32-30-16-15-28-24-29(38-34(37)19-14-27-12-7-6-8-13-27)20-22-35(28,4)33(30)21-23-36(31,32)5/h6-8,12-13,15,25-26,29-33H,9-11,14,16-24H2,1-5H3/t26-,29?,30+,31-,32+,33-,35+,36-/m1/s1. The number of benzene rings is 1. The van der Waals surface area contributed by atoms with Crippen LogP contribution in [0.2, 0.25) is 0 Å². The lowest BCUT2D eigenvalue weighted by molar-refractivity contribution is -0.151. The molecule has 2 nitrogen and oxygen atoms in total. The van der Waals surface area contributed by atoms with Gasteiger partial charge in [0.05, 0.1) is 0 Å². The average molecular weight is 519 g/mol. The minimum Gasteiger partial charge on any atom is -0.462 e. The zero-order chi connectivity index (χ0) is 26.9. The van der Waals surface area contributed by atoms with Crippen LogP contribution in [0, 0.1) is 46.3 Å². The first kappa shape index (κ1) is 28.0. The third kappa shape index (κ3) is 5.53. The number of hydrogen-bond donors (Lipinski definition) is 0. The van der Waals surface area contributed by atoms with E-state index < -0.39 is 0 Å². The molecule has 5 rings (SSSR count). The molecule has 0 radical (unpaired) electrons. The Morgan fingerprint density at radius 1 is 0.974 bits per heavy atom. The van der Waals surface area contributed by atoms with Gasteiger partial charge in [-0.1, -0.05) is 95.9 Å². The molecule has 1 unspecified atom stereocenters. The molecule has 0 aliphatic heterocycles. The molecular formula is C36H54O2. The summed E-state index contributed by atoms with van der Waals surface area (Å²) in [6, 6.07) is 10.3. The second kappa shape index (κ2) is 11.5. The Labute approximate surface area is 233 Å². The predicted octanol–water partition coefficient (Wildman–Crippen LogP) is 9.57. The van der Waals surface area contributed by atoms with Crippen LogP contribution in [0.4, 0.5) is 0 Å². The topological polar surface area (TPSA) is 26.3 Å². The minimum atomic E-state index is -0.0234. The summed E-state index contributed by atoms with van der Waals surface area (Å²) in [5.74, 6) is 5.20. The van der Waals surface area contributed by atoms with Gasteiger partial charge < -0.3 is 4.74 Å². The van der Waals surface area contributed by atoms with Crippen molar-refractivity contribution in [3.63, 3.8) is 0 Å². The lowest BCUT2D eigenvalue weighted by atomic mass is 9.47. The molecule has 8 atom stereocenters. The molecule has 0 spiro atoms. The van der Waals surface area contributed by atoms with Crippen molar-refractivity contribution in [3.8, 4) is 0 Å². The fourth-order valence-corrected chi connectivity index (χ4v) is 9.89. The largest absolute Gasteiger partial charge is 0.462 e. The summed E-state index contributed by atoms with van der Waals surface area (Å²) < 4.78 is 6.04. The molecule has 0 saturated heterocycles. The number of fused-ring (bicyclic) bond motifs is 5. The average Bonchev–Trinajstić information content (AvgIpc) is 3.25. The minimum absolute atomic E-state index is 0.0234. The van der Waals surface area contributed by atoms with Crippen LogP contribution in [0.25, 0.3) is 0 Å². The van der Waals surface area contributed by atoms with E-state index in [1.165, 1.54) is 63.4 Å². The fourth-order valence-electron chi connectivity index (χ4n) is 9.89. The van der Waals surface area contributed by atoms with Crippen LogP contribution in [-0.2, 0) is 16.0 Å². The van der Waals surface area contributed by atoms with E-state index in [1.807, 2.05) is 18.2 Å². The number of esters is 1. The third-order valence-corrected chi connectivity index (χ3v) is 12.0. The van der Waals surface area contributed by atoms with Crippen LogP contribution >= 0.6 is 0 Å². The lowest BCUT2D eigenvalue weighted by Gasteiger charge is -2.58. The van der Waals surface area contributed by atoms with Crippen molar-refractivity contribution in [2.75, 3.05) is 0 Å². The molecule has 0 N–H and O–H groups in total. The Morgan fingerprint density at radius 2 is 1.76 bits per heavy atom. The maximum Gasteiger partial charge on any atom is 0.306 e. The van der Waals surface area contributed by atoms with E-state index in [1.54, 1.807) is 5.57 Å². The van der Waals surface area contributed by atoms with E-state index in [2.05, 4.69) is 52.8 Å². The van der Waals surface area contributed by atoms with Gasteiger partial charge in [0.15, 0.2) is 0 Å². The quantitative estimate of drug-likeness (QED) is 0.240. The van der Waals surface area contributed by atoms with Gasteiger partial charge in [0.1, 0.15) is 6.10 Å². The van der Waals surface area contributed by atoms with Crippen LogP contribution in [0.5, 0.6) is 0 Å². The van der Waals surface area contributed by atoms with Crippen molar-refractivity contribution in [1.82, 2.24) is 0 Å². The van der Waals surface area contributed by atoms with E-state index >= 15 is 0 Å². The molecular weight excluding hydrogens is 464 g/mol. The van der Waals surface area contributed by atoms with Gasteiger partial charge in [0.25, 0.3) is 0 Å². The Hall–Kier alpha value is -1.57. The molecule has 3 fully saturated rings. The summed E-state index contributed by atoms with van der Waals surface area (Å²) >= 11 is 0. The van der Waals surface area contributed by atoms with E-state index in [4.69, 9.17) is 4.74 Å². The van der Waals surface area contributed by atoms with E-state index in [-0.39, 0.29) is 12.1 Å². The number of allylic oxidation sites excluding steroid dienone is 1. The van der Waals surface area contributed by atoms with Gasteiger partial charge in [-0.2, -0.15) is 0 Å². The molecule has 2 heteroatoms. The molecule has 1 aromatic rings. The zero-order valence-corrected chi connectivity index (χ0v) is 25.0. The SMILES string of the molecule is CC(C)CCC[C@@H](C)[C@H]1CC[C@H]2[C@@H]3CC=C4CC(OC(=O)CCc5ccccc5)CC[C@]4(C)[C@@H]3CC[C@]12C. The molecule has 3 saturated carbocycles. The van der Waals surface area contributed by atoms with E-state index in [9.17, 15) is 4.79 Å². The van der Waals surface area contributed by atoms with Crippen LogP contribution in [0.3, 0.4) is 0 Å². The first-order valence-corrected chi connectivity index (χ1v) is 16.1. The van der Waals surface area contributed by atoms with Gasteiger partial charge in [-0.3, -0.25) is 4.79 Å². The summed E-state index contributed by atoms with van der Waals surface area (Å²) in [5, 5.41) is 0. The maximum atomic E-state index is 12.7. The van der Waals surface area contributed by atoms with Crippen molar-refractivity contribution in [2.45, 2.75) is 124 Å². The van der Waals surface area contributed by atoms with Crippen molar-refractivity contribution in [3.05, 3.63) is 47.5 Å². The van der Waals surface area contributed by atoms with Gasteiger partial charge in [-0.15, -0.1) is 0 Å².